The van der Waals surface area contributed by atoms with Crippen LogP contribution < -0.4 is 5.32 Å². The number of hydrogen-bond acceptors (Lipinski definition) is 5. The van der Waals surface area contributed by atoms with Gasteiger partial charge in [-0.2, -0.15) is 0 Å². The summed E-state index contributed by atoms with van der Waals surface area (Å²) in [6.45, 7) is 4.13. The van der Waals surface area contributed by atoms with Crippen molar-refractivity contribution in [2.24, 2.45) is 5.92 Å². The van der Waals surface area contributed by atoms with Gasteiger partial charge in [0.05, 0.1) is 6.26 Å². The van der Waals surface area contributed by atoms with Crippen LogP contribution in [0, 0.1) is 5.92 Å². The highest BCUT2D eigenvalue weighted by Gasteiger charge is 2.14. The Kier molecular flexibility index (Phi) is 5.84. The van der Waals surface area contributed by atoms with Crippen molar-refractivity contribution in [3.8, 4) is 23.1 Å². The first-order valence-electron chi connectivity index (χ1n) is 8.96. The van der Waals surface area contributed by atoms with E-state index in [4.69, 9.17) is 8.83 Å². The summed E-state index contributed by atoms with van der Waals surface area (Å²) in [7, 11) is 0. The maximum atomic E-state index is 12.2. The molecule has 26 heavy (non-hydrogen) atoms. The number of hydrogen-bond donors (Lipinski definition) is 1. The summed E-state index contributed by atoms with van der Waals surface area (Å²) in [5.41, 5.74) is 1.54. The minimum Gasteiger partial charge on any atom is -0.459 e. The van der Waals surface area contributed by atoms with Crippen LogP contribution in [0.2, 0.25) is 0 Å². The Labute approximate surface area is 152 Å². The maximum absolute atomic E-state index is 12.2. The second kappa shape index (κ2) is 8.47. The molecule has 0 aliphatic carbocycles. The topological polar surface area (TPSA) is 81.2 Å². The molecule has 1 N–H and O–H groups in total. The van der Waals surface area contributed by atoms with Crippen molar-refractivity contribution < 1.29 is 13.6 Å². The van der Waals surface area contributed by atoms with Crippen LogP contribution in [0.5, 0.6) is 0 Å². The van der Waals surface area contributed by atoms with E-state index in [1.165, 1.54) is 0 Å². The summed E-state index contributed by atoms with van der Waals surface area (Å²) in [6.07, 6.45) is 5.87. The van der Waals surface area contributed by atoms with Gasteiger partial charge in [0.15, 0.2) is 5.76 Å². The standard InChI is InChI=1S/C20H23N3O3/c1-3-4-5-7-14(2)18(24)21-16-11-9-15(10-12-16)19-22-23-20(26-19)17-8-6-13-25-17/h6,8-14H,3-5,7H2,1-2H3,(H,21,24). The molecule has 1 atom stereocenters. The molecule has 1 amide bonds. The average Bonchev–Trinajstić information content (AvgIpc) is 3.34. The number of nitrogens with zero attached hydrogens (tertiary/aromatic N) is 2. The molecule has 3 aromatic rings. The van der Waals surface area contributed by atoms with Crippen molar-refractivity contribution in [1.29, 1.82) is 0 Å². The second-order valence-electron chi connectivity index (χ2n) is 6.35. The summed E-state index contributed by atoms with van der Waals surface area (Å²) in [5.74, 6) is 1.33. The summed E-state index contributed by atoms with van der Waals surface area (Å²) in [4.78, 5) is 12.2. The zero-order valence-corrected chi connectivity index (χ0v) is 15.1. The van der Waals surface area contributed by atoms with Crippen molar-refractivity contribution in [2.45, 2.75) is 39.5 Å². The smallest absolute Gasteiger partial charge is 0.283 e. The molecule has 1 unspecified atom stereocenters. The molecule has 0 bridgehead atoms. The largest absolute Gasteiger partial charge is 0.459 e. The predicted octanol–water partition coefficient (Wildman–Crippen LogP) is 5.15. The quantitative estimate of drug-likeness (QED) is 0.566. The summed E-state index contributed by atoms with van der Waals surface area (Å²) in [6, 6.07) is 10.9. The first-order valence-corrected chi connectivity index (χ1v) is 8.96. The lowest BCUT2D eigenvalue weighted by Gasteiger charge is -2.12. The van der Waals surface area contributed by atoms with E-state index < -0.39 is 0 Å². The number of anilines is 1. The number of benzene rings is 1. The summed E-state index contributed by atoms with van der Waals surface area (Å²) in [5, 5.41) is 11.0. The monoisotopic (exact) mass is 353 g/mol. The van der Waals surface area contributed by atoms with E-state index in [0.29, 0.717) is 17.5 Å². The molecule has 136 valence electrons. The Bertz CT molecular complexity index is 822. The lowest BCUT2D eigenvalue weighted by Crippen LogP contribution is -2.20. The molecule has 0 aliphatic rings. The molecule has 0 fully saturated rings. The van der Waals surface area contributed by atoms with Gasteiger partial charge in [0, 0.05) is 17.2 Å². The van der Waals surface area contributed by atoms with E-state index in [1.54, 1.807) is 18.4 Å². The van der Waals surface area contributed by atoms with Crippen LogP contribution in [0.4, 0.5) is 5.69 Å². The Morgan fingerprint density at radius 2 is 1.88 bits per heavy atom. The van der Waals surface area contributed by atoms with Crippen molar-refractivity contribution in [3.63, 3.8) is 0 Å². The van der Waals surface area contributed by atoms with Gasteiger partial charge in [-0.25, -0.2) is 0 Å². The van der Waals surface area contributed by atoms with Gasteiger partial charge in [0.25, 0.3) is 5.89 Å². The zero-order chi connectivity index (χ0) is 18.4. The normalized spacial score (nSPS) is 12.1. The van der Waals surface area contributed by atoms with Gasteiger partial charge in [0.1, 0.15) is 0 Å². The lowest BCUT2D eigenvalue weighted by molar-refractivity contribution is -0.119. The third-order valence-electron chi connectivity index (χ3n) is 4.24. The van der Waals surface area contributed by atoms with Gasteiger partial charge < -0.3 is 14.2 Å². The van der Waals surface area contributed by atoms with Crippen LogP contribution in [-0.2, 0) is 4.79 Å². The molecular formula is C20H23N3O3. The number of unbranched alkanes of at least 4 members (excludes halogenated alkanes) is 2. The predicted molar refractivity (Wildman–Crippen MR) is 99.4 cm³/mol. The highest BCUT2D eigenvalue weighted by atomic mass is 16.4. The summed E-state index contributed by atoms with van der Waals surface area (Å²) >= 11 is 0. The molecule has 6 nitrogen and oxygen atoms in total. The van der Waals surface area contributed by atoms with Crippen LogP contribution >= 0.6 is 0 Å². The van der Waals surface area contributed by atoms with E-state index in [-0.39, 0.29) is 11.8 Å². The van der Waals surface area contributed by atoms with Crippen molar-refractivity contribution in [3.05, 3.63) is 42.7 Å². The third kappa shape index (κ3) is 4.39. The fourth-order valence-electron chi connectivity index (χ4n) is 2.63. The minimum absolute atomic E-state index is 0.00743. The van der Waals surface area contributed by atoms with Crippen LogP contribution in [-0.4, -0.2) is 16.1 Å². The van der Waals surface area contributed by atoms with E-state index in [9.17, 15) is 4.79 Å². The third-order valence-corrected chi connectivity index (χ3v) is 4.24. The maximum Gasteiger partial charge on any atom is 0.283 e. The first-order chi connectivity index (χ1) is 12.7. The Balaban J connectivity index is 1.61. The van der Waals surface area contributed by atoms with Gasteiger partial charge in [-0.15, -0.1) is 10.2 Å². The number of furan rings is 1. The highest BCUT2D eigenvalue weighted by molar-refractivity contribution is 5.92. The van der Waals surface area contributed by atoms with Crippen LogP contribution in [0.15, 0.2) is 51.5 Å². The van der Waals surface area contributed by atoms with Gasteiger partial charge in [-0.1, -0.05) is 33.1 Å². The fraction of sp³-hybridized carbons (Fsp3) is 0.350. The molecule has 2 heterocycles. The van der Waals surface area contributed by atoms with E-state index in [2.05, 4.69) is 22.4 Å². The molecule has 0 radical (unpaired) electrons. The number of nitrogens with one attached hydrogen (secondary N) is 1. The van der Waals surface area contributed by atoms with Gasteiger partial charge in [0.2, 0.25) is 11.8 Å². The number of aromatic nitrogens is 2. The first kappa shape index (κ1) is 17.9. The number of carbonyl (C=O) groups excluding carboxylic acids is 1. The molecule has 0 saturated heterocycles. The Hall–Kier alpha value is -2.89. The number of amides is 1. The zero-order valence-electron chi connectivity index (χ0n) is 15.1. The van der Waals surface area contributed by atoms with Crippen molar-refractivity contribution in [2.75, 3.05) is 5.32 Å². The van der Waals surface area contributed by atoms with E-state index in [0.717, 1.165) is 36.9 Å². The molecule has 0 spiro atoms. The molecule has 6 heteroatoms. The Morgan fingerprint density at radius 1 is 1.12 bits per heavy atom. The van der Waals surface area contributed by atoms with Gasteiger partial charge in [-0.05, 0) is 42.8 Å². The average molecular weight is 353 g/mol. The molecule has 2 aromatic heterocycles. The number of rotatable bonds is 8. The molecule has 1 aromatic carbocycles. The molecular weight excluding hydrogens is 330 g/mol. The second-order valence-corrected chi connectivity index (χ2v) is 6.35. The van der Waals surface area contributed by atoms with Crippen LogP contribution in [0.25, 0.3) is 23.1 Å². The van der Waals surface area contributed by atoms with Crippen molar-refractivity contribution >= 4 is 11.6 Å². The fourth-order valence-corrected chi connectivity index (χ4v) is 2.63. The van der Waals surface area contributed by atoms with Crippen LogP contribution in [0.3, 0.4) is 0 Å². The van der Waals surface area contributed by atoms with Crippen LogP contribution in [0.1, 0.15) is 39.5 Å². The van der Waals surface area contributed by atoms with E-state index in [1.807, 2.05) is 31.2 Å². The summed E-state index contributed by atoms with van der Waals surface area (Å²) < 4.78 is 10.9. The lowest BCUT2D eigenvalue weighted by atomic mass is 10.0. The molecule has 0 aliphatic heterocycles. The minimum atomic E-state index is 0.00743. The highest BCUT2D eigenvalue weighted by Crippen LogP contribution is 2.25. The molecule has 3 rings (SSSR count). The Morgan fingerprint density at radius 3 is 2.58 bits per heavy atom. The van der Waals surface area contributed by atoms with Gasteiger partial charge >= 0.3 is 0 Å². The van der Waals surface area contributed by atoms with Gasteiger partial charge in [-0.3, -0.25) is 4.79 Å². The number of carbonyl (C=O) groups is 1. The van der Waals surface area contributed by atoms with E-state index >= 15 is 0 Å². The van der Waals surface area contributed by atoms with Crippen molar-refractivity contribution in [1.82, 2.24) is 10.2 Å². The molecule has 0 saturated carbocycles. The SMILES string of the molecule is CCCCCC(C)C(=O)Nc1ccc(-c2nnc(-c3ccco3)o2)cc1.